The first-order chi connectivity index (χ1) is 5.70. The Labute approximate surface area is 70.2 Å². The SMILES string of the molecule is NC1=C/C=C\C(C(=O)O)=C/C=C\1. The highest BCUT2D eigenvalue weighted by Gasteiger charge is 2.00. The van der Waals surface area contributed by atoms with E-state index >= 15 is 0 Å². The van der Waals surface area contributed by atoms with Crippen LogP contribution in [0.25, 0.3) is 0 Å². The molecule has 0 aromatic heterocycles. The Balaban J connectivity index is 2.91. The summed E-state index contributed by atoms with van der Waals surface area (Å²) in [5.41, 5.74) is 6.32. The van der Waals surface area contributed by atoms with Crippen LogP contribution in [-0.4, -0.2) is 11.1 Å². The first-order valence-electron chi connectivity index (χ1n) is 3.45. The zero-order valence-corrected chi connectivity index (χ0v) is 6.40. The molecule has 0 heterocycles. The standard InChI is InChI=1S/C9H9NO2/c10-8-5-1-3-7(9(11)12)4-2-6-8/h1-6H,10H2,(H,11,12)/b3-1-,4-2?,5-1?,6-2-,7-3?,7-4+,8-5+,8-6?. The van der Waals surface area contributed by atoms with Crippen LogP contribution < -0.4 is 5.73 Å². The molecule has 3 nitrogen and oxygen atoms in total. The summed E-state index contributed by atoms with van der Waals surface area (Å²) in [7, 11) is 0. The molecule has 0 atom stereocenters. The van der Waals surface area contributed by atoms with E-state index in [9.17, 15) is 4.79 Å². The van der Waals surface area contributed by atoms with E-state index in [2.05, 4.69) is 0 Å². The minimum atomic E-state index is -0.940. The van der Waals surface area contributed by atoms with Gasteiger partial charge < -0.3 is 10.8 Å². The van der Waals surface area contributed by atoms with Crippen LogP contribution in [0.5, 0.6) is 0 Å². The van der Waals surface area contributed by atoms with Gasteiger partial charge in [0.15, 0.2) is 0 Å². The maximum Gasteiger partial charge on any atom is 0.335 e. The van der Waals surface area contributed by atoms with E-state index in [4.69, 9.17) is 10.8 Å². The Morgan fingerprint density at radius 2 is 1.92 bits per heavy atom. The van der Waals surface area contributed by atoms with E-state index in [0.717, 1.165) is 0 Å². The number of carbonyl (C=O) groups is 1. The Hall–Kier alpha value is -1.77. The molecular weight excluding hydrogens is 154 g/mol. The monoisotopic (exact) mass is 163 g/mol. The summed E-state index contributed by atoms with van der Waals surface area (Å²) >= 11 is 0. The van der Waals surface area contributed by atoms with Crippen molar-refractivity contribution in [1.82, 2.24) is 0 Å². The van der Waals surface area contributed by atoms with Gasteiger partial charge in [0.2, 0.25) is 0 Å². The van der Waals surface area contributed by atoms with Crippen LogP contribution in [0.15, 0.2) is 47.7 Å². The van der Waals surface area contributed by atoms with Crippen molar-refractivity contribution < 1.29 is 9.90 Å². The molecule has 1 aliphatic rings. The van der Waals surface area contributed by atoms with Crippen molar-refractivity contribution in [2.75, 3.05) is 0 Å². The summed E-state index contributed by atoms with van der Waals surface area (Å²) in [6.45, 7) is 0. The van der Waals surface area contributed by atoms with Crippen LogP contribution in [0.2, 0.25) is 0 Å². The highest BCUT2D eigenvalue weighted by Crippen LogP contribution is 2.02. The zero-order chi connectivity index (χ0) is 8.97. The van der Waals surface area contributed by atoms with E-state index in [-0.39, 0.29) is 5.57 Å². The highest BCUT2D eigenvalue weighted by atomic mass is 16.4. The molecule has 1 rings (SSSR count). The Morgan fingerprint density at radius 1 is 1.25 bits per heavy atom. The molecule has 0 aromatic rings. The van der Waals surface area contributed by atoms with Crippen molar-refractivity contribution in [3.05, 3.63) is 47.7 Å². The van der Waals surface area contributed by atoms with E-state index < -0.39 is 5.97 Å². The molecular formula is C9H9NO2. The number of carboxylic acid groups (broad SMARTS) is 1. The van der Waals surface area contributed by atoms with Crippen LogP contribution in [0.4, 0.5) is 0 Å². The van der Waals surface area contributed by atoms with Gasteiger partial charge in [-0.2, -0.15) is 0 Å². The summed E-state index contributed by atoms with van der Waals surface area (Å²) in [6, 6.07) is 0. The Morgan fingerprint density at radius 3 is 2.58 bits per heavy atom. The summed E-state index contributed by atoms with van der Waals surface area (Å²) in [5, 5.41) is 8.62. The maximum atomic E-state index is 10.5. The molecule has 0 bridgehead atoms. The van der Waals surface area contributed by atoms with Crippen molar-refractivity contribution in [1.29, 1.82) is 0 Å². The van der Waals surface area contributed by atoms with Crippen LogP contribution >= 0.6 is 0 Å². The van der Waals surface area contributed by atoms with Crippen LogP contribution in [-0.2, 0) is 4.79 Å². The van der Waals surface area contributed by atoms with E-state index in [1.165, 1.54) is 12.2 Å². The second-order valence-electron chi connectivity index (χ2n) is 2.31. The van der Waals surface area contributed by atoms with Gasteiger partial charge >= 0.3 is 5.97 Å². The predicted octanol–water partition coefficient (Wildman–Crippen LogP) is 0.966. The molecule has 0 spiro atoms. The summed E-state index contributed by atoms with van der Waals surface area (Å²) in [4.78, 5) is 10.5. The Bertz CT molecular complexity index is 308. The van der Waals surface area contributed by atoms with Crippen molar-refractivity contribution in [2.45, 2.75) is 0 Å². The van der Waals surface area contributed by atoms with Crippen LogP contribution in [0, 0.1) is 0 Å². The third kappa shape index (κ3) is 2.12. The molecule has 0 aromatic carbocycles. The third-order valence-electron chi connectivity index (χ3n) is 1.38. The van der Waals surface area contributed by atoms with Gasteiger partial charge in [-0.25, -0.2) is 4.79 Å². The van der Waals surface area contributed by atoms with Crippen molar-refractivity contribution in [2.24, 2.45) is 5.73 Å². The summed E-state index contributed by atoms with van der Waals surface area (Å²) in [5.74, 6) is -0.940. The van der Waals surface area contributed by atoms with Gasteiger partial charge in [-0.05, 0) is 24.3 Å². The highest BCUT2D eigenvalue weighted by molar-refractivity contribution is 5.90. The van der Waals surface area contributed by atoms with Crippen LogP contribution in [0.3, 0.4) is 0 Å². The molecule has 0 saturated carbocycles. The fraction of sp³-hybridized carbons (Fsp3) is 0. The molecule has 0 aliphatic heterocycles. The molecule has 0 radical (unpaired) electrons. The molecule has 3 N–H and O–H groups in total. The van der Waals surface area contributed by atoms with Gasteiger partial charge in [-0.3, -0.25) is 0 Å². The van der Waals surface area contributed by atoms with Gasteiger partial charge in [-0.15, -0.1) is 0 Å². The lowest BCUT2D eigenvalue weighted by Gasteiger charge is -1.95. The molecule has 62 valence electrons. The van der Waals surface area contributed by atoms with Crippen molar-refractivity contribution >= 4 is 5.97 Å². The molecule has 12 heavy (non-hydrogen) atoms. The first-order valence-corrected chi connectivity index (χ1v) is 3.45. The average molecular weight is 163 g/mol. The average Bonchev–Trinajstić information content (AvgIpc) is 1.95. The number of hydrogen-bond acceptors (Lipinski definition) is 2. The van der Waals surface area contributed by atoms with Gasteiger partial charge in [-0.1, -0.05) is 12.2 Å². The topological polar surface area (TPSA) is 63.3 Å². The normalized spacial score (nSPS) is 30.0. The van der Waals surface area contributed by atoms with Gasteiger partial charge in [0, 0.05) is 5.70 Å². The molecule has 0 unspecified atom stereocenters. The number of nitrogens with two attached hydrogens (primary N) is 1. The minimum Gasteiger partial charge on any atom is -0.478 e. The fourth-order valence-electron chi connectivity index (χ4n) is 0.779. The summed E-state index contributed by atoms with van der Waals surface area (Å²) in [6.07, 6.45) is 9.51. The van der Waals surface area contributed by atoms with Crippen LogP contribution in [0.1, 0.15) is 0 Å². The lowest BCUT2D eigenvalue weighted by Crippen LogP contribution is -1.98. The minimum absolute atomic E-state index is 0.245. The zero-order valence-electron chi connectivity index (χ0n) is 6.40. The predicted molar refractivity (Wildman–Crippen MR) is 46.3 cm³/mol. The number of allylic oxidation sites excluding steroid dienone is 5. The van der Waals surface area contributed by atoms with Gasteiger partial charge in [0.25, 0.3) is 0 Å². The first kappa shape index (κ1) is 8.33. The second kappa shape index (κ2) is 3.57. The van der Waals surface area contributed by atoms with E-state index in [1.807, 2.05) is 0 Å². The lowest BCUT2D eigenvalue weighted by atomic mass is 10.2. The van der Waals surface area contributed by atoms with Gasteiger partial charge in [0.05, 0.1) is 5.57 Å². The number of hydrogen-bond donors (Lipinski definition) is 2. The maximum absolute atomic E-state index is 10.5. The molecule has 0 amide bonds. The smallest absolute Gasteiger partial charge is 0.335 e. The fourth-order valence-corrected chi connectivity index (χ4v) is 0.779. The summed E-state index contributed by atoms with van der Waals surface area (Å²) < 4.78 is 0. The quantitative estimate of drug-likeness (QED) is 0.605. The largest absolute Gasteiger partial charge is 0.478 e. The molecule has 3 heteroatoms. The number of rotatable bonds is 1. The van der Waals surface area contributed by atoms with Crippen molar-refractivity contribution in [3.63, 3.8) is 0 Å². The number of carboxylic acids is 1. The molecule has 1 aliphatic carbocycles. The van der Waals surface area contributed by atoms with E-state index in [0.29, 0.717) is 5.70 Å². The molecule has 0 saturated heterocycles. The van der Waals surface area contributed by atoms with E-state index in [1.54, 1.807) is 24.3 Å². The Kier molecular flexibility index (Phi) is 2.48. The number of aliphatic carboxylic acids is 1. The molecule has 0 fully saturated rings. The second-order valence-corrected chi connectivity index (χ2v) is 2.31. The van der Waals surface area contributed by atoms with Crippen molar-refractivity contribution in [3.8, 4) is 0 Å². The lowest BCUT2D eigenvalue weighted by molar-refractivity contribution is -0.132. The van der Waals surface area contributed by atoms with Gasteiger partial charge in [0.1, 0.15) is 0 Å². The third-order valence-corrected chi connectivity index (χ3v) is 1.38.